The summed E-state index contributed by atoms with van der Waals surface area (Å²) in [5, 5.41) is 13.6. The third-order valence-corrected chi connectivity index (χ3v) is 6.39. The quantitative estimate of drug-likeness (QED) is 0.297. The van der Waals surface area contributed by atoms with Gasteiger partial charge in [0, 0.05) is 5.56 Å². The van der Waals surface area contributed by atoms with Gasteiger partial charge in [0.1, 0.15) is 12.1 Å². The Balaban J connectivity index is 1.66. The zero-order valence-electron chi connectivity index (χ0n) is 23.3. The maximum absolute atomic E-state index is 13.0. The van der Waals surface area contributed by atoms with Crippen LogP contribution in [-0.2, 0) is 20.7 Å². The van der Waals surface area contributed by atoms with E-state index in [2.05, 4.69) is 20.8 Å². The Morgan fingerprint density at radius 1 is 0.949 bits per heavy atom. The SMILES string of the molecule is CCCC[C@H](NC(=O)O[C@@H](Cc1nnc(-c2ccccc2)o1)C(C)(C)C)C(=O)C(=O)N[C@H](C)c1ccccc1. The zero-order valence-corrected chi connectivity index (χ0v) is 23.3. The lowest BCUT2D eigenvalue weighted by Gasteiger charge is -2.30. The average Bonchev–Trinajstić information content (AvgIpc) is 3.39. The van der Waals surface area contributed by atoms with E-state index in [-0.39, 0.29) is 12.5 Å². The van der Waals surface area contributed by atoms with Crippen LogP contribution in [0.2, 0.25) is 0 Å². The molecule has 39 heavy (non-hydrogen) atoms. The lowest BCUT2D eigenvalue weighted by atomic mass is 9.87. The van der Waals surface area contributed by atoms with E-state index in [0.29, 0.717) is 24.6 Å². The summed E-state index contributed by atoms with van der Waals surface area (Å²) in [5.74, 6) is -0.752. The van der Waals surface area contributed by atoms with Gasteiger partial charge < -0.3 is 19.8 Å². The maximum Gasteiger partial charge on any atom is 0.408 e. The van der Waals surface area contributed by atoms with Gasteiger partial charge in [-0.1, -0.05) is 89.1 Å². The highest BCUT2D eigenvalue weighted by Gasteiger charge is 2.33. The van der Waals surface area contributed by atoms with Gasteiger partial charge in [0.2, 0.25) is 17.6 Å². The number of rotatable bonds is 12. The van der Waals surface area contributed by atoms with Crippen LogP contribution in [0.15, 0.2) is 65.1 Å². The van der Waals surface area contributed by atoms with Crippen molar-refractivity contribution in [2.24, 2.45) is 5.41 Å². The molecule has 0 spiro atoms. The van der Waals surface area contributed by atoms with E-state index < -0.39 is 35.3 Å². The fourth-order valence-corrected chi connectivity index (χ4v) is 3.95. The van der Waals surface area contributed by atoms with Gasteiger partial charge in [0.05, 0.1) is 12.5 Å². The van der Waals surface area contributed by atoms with Gasteiger partial charge in [-0.3, -0.25) is 9.59 Å². The van der Waals surface area contributed by atoms with E-state index >= 15 is 0 Å². The van der Waals surface area contributed by atoms with Crippen molar-refractivity contribution in [3.63, 3.8) is 0 Å². The minimum atomic E-state index is -1.01. The van der Waals surface area contributed by atoms with Crippen LogP contribution in [-0.4, -0.2) is 40.1 Å². The van der Waals surface area contributed by atoms with Crippen molar-refractivity contribution in [1.29, 1.82) is 0 Å². The van der Waals surface area contributed by atoms with Crippen molar-refractivity contribution in [3.05, 3.63) is 72.1 Å². The number of ketones is 1. The summed E-state index contributed by atoms with van der Waals surface area (Å²) >= 11 is 0. The molecule has 0 fully saturated rings. The first-order chi connectivity index (χ1) is 18.6. The molecule has 3 rings (SSSR count). The Morgan fingerprint density at radius 2 is 1.59 bits per heavy atom. The average molecular weight is 535 g/mol. The van der Waals surface area contributed by atoms with Crippen LogP contribution in [0.25, 0.3) is 11.5 Å². The van der Waals surface area contributed by atoms with E-state index in [1.807, 2.05) is 88.4 Å². The minimum absolute atomic E-state index is 0.194. The highest BCUT2D eigenvalue weighted by Crippen LogP contribution is 2.27. The number of hydrogen-bond acceptors (Lipinski definition) is 7. The maximum atomic E-state index is 13.0. The second-order valence-corrected chi connectivity index (χ2v) is 10.6. The molecule has 0 saturated heterocycles. The van der Waals surface area contributed by atoms with Gasteiger partial charge in [-0.25, -0.2) is 4.79 Å². The number of unbranched alkanes of at least 4 members (excludes halogenated alkanes) is 1. The number of carbonyl (C=O) groups is 3. The molecule has 3 atom stereocenters. The molecule has 1 heterocycles. The number of amides is 2. The number of hydrogen-bond donors (Lipinski definition) is 2. The molecule has 2 aromatic carbocycles. The lowest BCUT2D eigenvalue weighted by Crippen LogP contribution is -2.49. The summed E-state index contributed by atoms with van der Waals surface area (Å²) in [6.45, 7) is 9.56. The van der Waals surface area contributed by atoms with Crippen LogP contribution in [0.3, 0.4) is 0 Å². The van der Waals surface area contributed by atoms with Gasteiger partial charge in [-0.2, -0.15) is 0 Å². The fourth-order valence-electron chi connectivity index (χ4n) is 3.95. The molecular weight excluding hydrogens is 496 g/mol. The van der Waals surface area contributed by atoms with Gasteiger partial charge in [0.15, 0.2) is 0 Å². The van der Waals surface area contributed by atoms with Crippen molar-refractivity contribution >= 4 is 17.8 Å². The van der Waals surface area contributed by atoms with E-state index in [1.165, 1.54) is 0 Å². The predicted octanol–water partition coefficient (Wildman–Crippen LogP) is 5.43. The summed E-state index contributed by atoms with van der Waals surface area (Å²) in [6, 6.07) is 17.4. The Hall–Kier alpha value is -4.01. The molecule has 0 saturated carbocycles. The number of nitrogens with zero attached hydrogens (tertiary/aromatic N) is 2. The minimum Gasteiger partial charge on any atom is -0.445 e. The van der Waals surface area contributed by atoms with Crippen LogP contribution in [0, 0.1) is 5.41 Å². The van der Waals surface area contributed by atoms with E-state index in [4.69, 9.17) is 9.15 Å². The third-order valence-electron chi connectivity index (χ3n) is 6.39. The van der Waals surface area contributed by atoms with Crippen LogP contribution in [0.5, 0.6) is 0 Å². The smallest absolute Gasteiger partial charge is 0.408 e. The largest absolute Gasteiger partial charge is 0.445 e. The first kappa shape index (κ1) is 29.5. The molecule has 208 valence electrons. The van der Waals surface area contributed by atoms with Crippen molar-refractivity contribution in [1.82, 2.24) is 20.8 Å². The summed E-state index contributed by atoms with van der Waals surface area (Å²) in [5.41, 5.74) is 1.20. The molecule has 0 unspecified atom stereocenters. The predicted molar refractivity (Wildman–Crippen MR) is 148 cm³/mol. The molecule has 2 amide bonds. The Morgan fingerprint density at radius 3 is 2.21 bits per heavy atom. The monoisotopic (exact) mass is 534 g/mol. The number of aromatic nitrogens is 2. The Bertz CT molecular complexity index is 1220. The first-order valence-electron chi connectivity index (χ1n) is 13.3. The molecule has 0 aliphatic heterocycles. The van der Waals surface area contributed by atoms with Crippen LogP contribution >= 0.6 is 0 Å². The number of nitrogens with one attached hydrogen (secondary N) is 2. The van der Waals surface area contributed by atoms with Crippen LogP contribution in [0.1, 0.15) is 71.4 Å². The standard InChI is InChI=1S/C30H38N4O5/c1-6-7-18-23(26(35)27(36)31-20(2)21-14-10-8-11-15-21)32-29(37)38-24(30(3,4)5)19-25-33-34-28(39-25)22-16-12-9-13-17-22/h8-17,20,23-24H,6-7,18-19H2,1-5H3,(H,31,36)(H,32,37)/t20-,23+,24+/m1/s1. The van der Waals surface area contributed by atoms with Gasteiger partial charge in [0.25, 0.3) is 5.91 Å². The molecule has 9 nitrogen and oxygen atoms in total. The molecule has 0 aliphatic rings. The highest BCUT2D eigenvalue weighted by atomic mass is 16.6. The van der Waals surface area contributed by atoms with Gasteiger partial charge >= 0.3 is 6.09 Å². The lowest BCUT2D eigenvalue weighted by molar-refractivity contribution is -0.139. The normalized spacial score (nSPS) is 13.7. The van der Waals surface area contributed by atoms with Crippen molar-refractivity contribution < 1.29 is 23.5 Å². The number of benzene rings is 2. The molecule has 0 radical (unpaired) electrons. The number of alkyl carbamates (subject to hydrolysis) is 1. The van der Waals surface area contributed by atoms with Gasteiger partial charge in [-0.15, -0.1) is 10.2 Å². The van der Waals surface area contributed by atoms with E-state index in [0.717, 1.165) is 17.5 Å². The van der Waals surface area contributed by atoms with E-state index in [9.17, 15) is 14.4 Å². The first-order valence-corrected chi connectivity index (χ1v) is 13.3. The Kier molecular flexibility index (Phi) is 10.4. The topological polar surface area (TPSA) is 123 Å². The highest BCUT2D eigenvalue weighted by molar-refractivity contribution is 6.38. The number of ether oxygens (including phenoxy) is 1. The third kappa shape index (κ3) is 8.77. The fraction of sp³-hybridized carbons (Fsp3) is 0.433. The van der Waals surface area contributed by atoms with Crippen LogP contribution in [0.4, 0.5) is 4.79 Å². The molecule has 0 aliphatic carbocycles. The molecule has 9 heteroatoms. The summed E-state index contributed by atoms with van der Waals surface area (Å²) < 4.78 is 11.6. The molecule has 0 bridgehead atoms. The van der Waals surface area contributed by atoms with Crippen molar-refractivity contribution in [3.8, 4) is 11.5 Å². The second-order valence-electron chi connectivity index (χ2n) is 10.6. The molecule has 1 aromatic heterocycles. The summed E-state index contributed by atoms with van der Waals surface area (Å²) in [6.07, 6.45) is 0.562. The molecular formula is C30H38N4O5. The van der Waals surface area contributed by atoms with Crippen LogP contribution < -0.4 is 10.6 Å². The molecule has 2 N–H and O–H groups in total. The number of carbonyl (C=O) groups excluding carboxylic acids is 3. The zero-order chi connectivity index (χ0) is 28.4. The van der Waals surface area contributed by atoms with Crippen molar-refractivity contribution in [2.75, 3.05) is 0 Å². The summed E-state index contributed by atoms with van der Waals surface area (Å²) in [7, 11) is 0. The van der Waals surface area contributed by atoms with Crippen molar-refractivity contribution in [2.45, 2.75) is 78.5 Å². The molecule has 3 aromatic rings. The second kappa shape index (κ2) is 13.7. The Labute approximate surface area is 229 Å². The van der Waals surface area contributed by atoms with Gasteiger partial charge in [-0.05, 0) is 36.5 Å². The number of Topliss-reactive ketones (excluding diaryl/α,β-unsaturated/α-hetero) is 1. The summed E-state index contributed by atoms with van der Waals surface area (Å²) in [4.78, 5) is 38.8. The van der Waals surface area contributed by atoms with E-state index in [1.54, 1.807) is 6.92 Å².